The van der Waals surface area contributed by atoms with Gasteiger partial charge in [-0.15, -0.1) is 10.2 Å². The van der Waals surface area contributed by atoms with Crippen LogP contribution in [-0.2, 0) is 11.3 Å². The number of nitrogens with one attached hydrogen (secondary N) is 1. The van der Waals surface area contributed by atoms with Crippen molar-refractivity contribution in [2.45, 2.75) is 25.5 Å². The van der Waals surface area contributed by atoms with Gasteiger partial charge in [-0.05, 0) is 26.0 Å². The molecule has 134 valence electrons. The Morgan fingerprint density at radius 3 is 2.58 bits per heavy atom. The molecule has 0 fully saturated rings. The van der Waals surface area contributed by atoms with Crippen molar-refractivity contribution in [2.24, 2.45) is 0 Å². The third-order valence-corrected chi connectivity index (χ3v) is 5.12. The topological polar surface area (TPSA) is 59.8 Å². The lowest BCUT2D eigenvalue weighted by Crippen LogP contribution is -2.15. The van der Waals surface area contributed by atoms with Crippen LogP contribution in [0, 0.1) is 6.92 Å². The minimum atomic E-state index is -0.134. The third kappa shape index (κ3) is 4.26. The molecule has 2 aromatic carbocycles. The minimum absolute atomic E-state index is 0.134. The molecule has 0 aliphatic rings. The molecule has 1 aromatic heterocycles. The highest BCUT2D eigenvalue weighted by atomic mass is 35.5. The molecule has 5 nitrogen and oxygen atoms in total. The van der Waals surface area contributed by atoms with Crippen LogP contribution < -0.4 is 5.32 Å². The normalized spacial score (nSPS) is 10.7. The number of para-hydroxylation sites is 1. The predicted molar refractivity (Wildman–Crippen MR) is 107 cm³/mol. The van der Waals surface area contributed by atoms with Crippen LogP contribution >= 0.6 is 23.4 Å². The van der Waals surface area contributed by atoms with Crippen molar-refractivity contribution in [3.8, 4) is 11.4 Å². The minimum Gasteiger partial charge on any atom is -0.324 e. The average molecular weight is 387 g/mol. The maximum atomic E-state index is 12.2. The zero-order valence-electron chi connectivity index (χ0n) is 14.6. The first-order valence-electron chi connectivity index (χ1n) is 8.26. The molecular weight excluding hydrogens is 368 g/mol. The summed E-state index contributed by atoms with van der Waals surface area (Å²) in [5, 5.41) is 12.6. The van der Waals surface area contributed by atoms with Crippen LogP contribution in [0.1, 0.15) is 12.5 Å². The van der Waals surface area contributed by atoms with Gasteiger partial charge in [0.2, 0.25) is 5.91 Å². The van der Waals surface area contributed by atoms with E-state index in [1.54, 1.807) is 12.1 Å². The molecule has 0 spiro atoms. The van der Waals surface area contributed by atoms with E-state index in [4.69, 9.17) is 11.6 Å². The van der Waals surface area contributed by atoms with Crippen molar-refractivity contribution < 1.29 is 4.79 Å². The van der Waals surface area contributed by atoms with Crippen molar-refractivity contribution in [2.75, 3.05) is 11.1 Å². The molecule has 1 heterocycles. The fourth-order valence-corrected chi connectivity index (χ4v) is 3.46. The molecule has 7 heteroatoms. The summed E-state index contributed by atoms with van der Waals surface area (Å²) in [6.45, 7) is 4.81. The first kappa shape index (κ1) is 18.5. The van der Waals surface area contributed by atoms with E-state index in [9.17, 15) is 4.79 Å². The summed E-state index contributed by atoms with van der Waals surface area (Å²) in [6.07, 6.45) is 0. The number of halogens is 1. The van der Waals surface area contributed by atoms with E-state index in [1.165, 1.54) is 17.3 Å². The average Bonchev–Trinajstić information content (AvgIpc) is 3.05. The highest BCUT2D eigenvalue weighted by Crippen LogP contribution is 2.25. The van der Waals surface area contributed by atoms with Gasteiger partial charge in [-0.1, -0.05) is 65.3 Å². The monoisotopic (exact) mass is 386 g/mol. The van der Waals surface area contributed by atoms with E-state index in [0.29, 0.717) is 10.7 Å². The summed E-state index contributed by atoms with van der Waals surface area (Å²) < 4.78 is 2.01. The van der Waals surface area contributed by atoms with E-state index in [1.807, 2.05) is 54.8 Å². The van der Waals surface area contributed by atoms with Crippen LogP contribution in [0.2, 0.25) is 5.02 Å². The number of amides is 1. The third-order valence-electron chi connectivity index (χ3n) is 3.82. The Kier molecular flexibility index (Phi) is 5.96. The number of hydrogen-bond acceptors (Lipinski definition) is 4. The number of benzene rings is 2. The van der Waals surface area contributed by atoms with Crippen LogP contribution in [0.25, 0.3) is 11.4 Å². The number of hydrogen-bond donors (Lipinski definition) is 1. The Hall–Kier alpha value is -2.31. The molecule has 26 heavy (non-hydrogen) atoms. The molecule has 0 bridgehead atoms. The van der Waals surface area contributed by atoms with Gasteiger partial charge >= 0.3 is 0 Å². The van der Waals surface area contributed by atoms with Gasteiger partial charge in [0.05, 0.1) is 16.5 Å². The SMILES string of the molecule is CCn1c(SCC(=O)Nc2ccccc2Cl)nnc1-c1ccc(C)cc1. The van der Waals surface area contributed by atoms with Crippen molar-refractivity contribution in [3.05, 3.63) is 59.1 Å². The number of rotatable bonds is 6. The summed E-state index contributed by atoms with van der Waals surface area (Å²) in [7, 11) is 0. The van der Waals surface area contributed by atoms with Crippen molar-refractivity contribution in [1.29, 1.82) is 0 Å². The molecule has 0 unspecified atom stereocenters. The van der Waals surface area contributed by atoms with E-state index in [0.717, 1.165) is 23.1 Å². The standard InChI is InChI=1S/C19H19ClN4OS/c1-3-24-18(14-10-8-13(2)9-11-14)22-23-19(24)26-12-17(25)21-16-7-5-4-6-15(16)20/h4-11H,3,12H2,1-2H3,(H,21,25). The van der Waals surface area contributed by atoms with Gasteiger partial charge in [0.25, 0.3) is 0 Å². The van der Waals surface area contributed by atoms with Crippen molar-refractivity contribution in [1.82, 2.24) is 14.8 Å². The molecular formula is C19H19ClN4OS. The van der Waals surface area contributed by atoms with Gasteiger partial charge < -0.3 is 9.88 Å². The quantitative estimate of drug-likeness (QED) is 0.626. The van der Waals surface area contributed by atoms with E-state index in [2.05, 4.69) is 15.5 Å². The molecule has 1 N–H and O–H groups in total. The van der Waals surface area contributed by atoms with Crippen molar-refractivity contribution in [3.63, 3.8) is 0 Å². The van der Waals surface area contributed by atoms with Gasteiger partial charge in [0.1, 0.15) is 0 Å². The van der Waals surface area contributed by atoms with Gasteiger partial charge in [0.15, 0.2) is 11.0 Å². The Morgan fingerprint density at radius 1 is 1.15 bits per heavy atom. The fraction of sp³-hybridized carbons (Fsp3) is 0.211. The molecule has 0 atom stereocenters. The first-order valence-corrected chi connectivity index (χ1v) is 9.62. The number of nitrogens with zero attached hydrogens (tertiary/aromatic N) is 3. The molecule has 3 rings (SSSR count). The molecule has 0 saturated heterocycles. The summed E-state index contributed by atoms with van der Waals surface area (Å²) >= 11 is 7.43. The molecule has 0 aliphatic carbocycles. The van der Waals surface area contributed by atoms with E-state index >= 15 is 0 Å². The van der Waals surface area contributed by atoms with E-state index < -0.39 is 0 Å². The lowest BCUT2D eigenvalue weighted by atomic mass is 10.1. The Labute approximate surface area is 161 Å². The summed E-state index contributed by atoms with van der Waals surface area (Å²) in [5.74, 6) is 0.907. The number of aromatic nitrogens is 3. The number of carbonyl (C=O) groups is 1. The second-order valence-corrected chi connectivity index (χ2v) is 7.08. The number of thioether (sulfide) groups is 1. The van der Waals surface area contributed by atoms with Gasteiger partial charge in [-0.3, -0.25) is 4.79 Å². The molecule has 0 radical (unpaired) electrons. The largest absolute Gasteiger partial charge is 0.324 e. The lowest BCUT2D eigenvalue weighted by Gasteiger charge is -2.08. The lowest BCUT2D eigenvalue weighted by molar-refractivity contribution is -0.113. The van der Waals surface area contributed by atoms with Gasteiger partial charge in [0, 0.05) is 12.1 Å². The maximum Gasteiger partial charge on any atom is 0.234 e. The summed E-state index contributed by atoms with van der Waals surface area (Å²) in [6, 6.07) is 15.3. The number of aryl methyl sites for hydroxylation is 1. The fourth-order valence-electron chi connectivity index (χ4n) is 2.48. The second kappa shape index (κ2) is 8.38. The second-order valence-electron chi connectivity index (χ2n) is 5.73. The Balaban J connectivity index is 1.69. The highest BCUT2D eigenvalue weighted by molar-refractivity contribution is 7.99. The zero-order chi connectivity index (χ0) is 18.5. The van der Waals surface area contributed by atoms with Gasteiger partial charge in [-0.25, -0.2) is 0 Å². The maximum absolute atomic E-state index is 12.2. The van der Waals surface area contributed by atoms with Crippen LogP contribution in [-0.4, -0.2) is 26.4 Å². The van der Waals surface area contributed by atoms with Crippen molar-refractivity contribution >= 4 is 35.0 Å². The smallest absolute Gasteiger partial charge is 0.234 e. The molecule has 3 aromatic rings. The summed E-state index contributed by atoms with van der Waals surface area (Å²) in [5.41, 5.74) is 2.82. The first-order chi connectivity index (χ1) is 12.6. The van der Waals surface area contributed by atoms with Crippen LogP contribution in [0.5, 0.6) is 0 Å². The molecule has 0 aliphatic heterocycles. The Bertz CT molecular complexity index is 908. The highest BCUT2D eigenvalue weighted by Gasteiger charge is 2.15. The zero-order valence-corrected chi connectivity index (χ0v) is 16.1. The molecule has 0 saturated carbocycles. The van der Waals surface area contributed by atoms with Gasteiger partial charge in [-0.2, -0.15) is 0 Å². The van der Waals surface area contributed by atoms with E-state index in [-0.39, 0.29) is 11.7 Å². The predicted octanol–water partition coefficient (Wildman–Crippen LogP) is 4.66. The summed E-state index contributed by atoms with van der Waals surface area (Å²) in [4.78, 5) is 12.2. The van der Waals surface area contributed by atoms with Crippen LogP contribution in [0.4, 0.5) is 5.69 Å². The Morgan fingerprint density at radius 2 is 1.88 bits per heavy atom. The molecule has 1 amide bonds. The van der Waals surface area contributed by atoms with Crippen LogP contribution in [0.15, 0.2) is 53.7 Å². The van der Waals surface area contributed by atoms with Crippen LogP contribution in [0.3, 0.4) is 0 Å². The number of carbonyl (C=O) groups excluding carboxylic acids is 1. The number of anilines is 1.